The molecule has 1 N–H and O–H groups in total. The van der Waals surface area contributed by atoms with E-state index in [0.29, 0.717) is 24.7 Å². The fourth-order valence-corrected chi connectivity index (χ4v) is 1.65. The van der Waals surface area contributed by atoms with E-state index in [-0.39, 0.29) is 11.9 Å². The summed E-state index contributed by atoms with van der Waals surface area (Å²) in [7, 11) is 0. The van der Waals surface area contributed by atoms with Gasteiger partial charge in [-0.15, -0.1) is 10.2 Å². The van der Waals surface area contributed by atoms with E-state index in [9.17, 15) is 4.79 Å². The minimum Gasteiger partial charge on any atom is -0.423 e. The van der Waals surface area contributed by atoms with Crippen LogP contribution in [0.4, 0.5) is 0 Å². The largest absolute Gasteiger partial charge is 0.423 e. The third-order valence-electron chi connectivity index (χ3n) is 2.73. The molecule has 6 heteroatoms. The Hall–Kier alpha value is -2.21. The average Bonchev–Trinajstić information content (AvgIpc) is 2.87. The van der Waals surface area contributed by atoms with E-state index < -0.39 is 0 Å². The zero-order valence-electron chi connectivity index (χ0n) is 9.50. The van der Waals surface area contributed by atoms with E-state index in [1.54, 1.807) is 24.3 Å². The maximum atomic E-state index is 11.8. The molecule has 18 heavy (non-hydrogen) atoms. The van der Waals surface area contributed by atoms with Crippen LogP contribution in [0.3, 0.4) is 0 Å². The maximum Gasteiger partial charge on any atom is 0.251 e. The second-order valence-corrected chi connectivity index (χ2v) is 4.03. The van der Waals surface area contributed by atoms with Gasteiger partial charge in [0.05, 0.1) is 19.3 Å². The fourth-order valence-electron chi connectivity index (χ4n) is 1.65. The number of nitrogens with one attached hydrogen (secondary N) is 1. The van der Waals surface area contributed by atoms with Crippen molar-refractivity contribution in [1.29, 1.82) is 0 Å². The Morgan fingerprint density at radius 1 is 1.28 bits per heavy atom. The number of hydrogen-bond acceptors (Lipinski definition) is 5. The number of rotatable bonds is 3. The molecule has 3 rings (SSSR count). The summed E-state index contributed by atoms with van der Waals surface area (Å²) >= 11 is 0. The zero-order valence-corrected chi connectivity index (χ0v) is 9.50. The lowest BCUT2D eigenvalue weighted by Crippen LogP contribution is -2.48. The van der Waals surface area contributed by atoms with Crippen LogP contribution >= 0.6 is 0 Å². The first-order valence-electron chi connectivity index (χ1n) is 5.58. The van der Waals surface area contributed by atoms with Gasteiger partial charge in [0, 0.05) is 11.1 Å². The number of nitrogens with zero attached hydrogens (tertiary/aromatic N) is 2. The Kier molecular flexibility index (Phi) is 2.77. The van der Waals surface area contributed by atoms with Gasteiger partial charge in [0.1, 0.15) is 0 Å². The molecule has 1 aliphatic heterocycles. The summed E-state index contributed by atoms with van der Waals surface area (Å²) in [6.07, 6.45) is 1.27. The predicted octanol–water partition coefficient (Wildman–Crippen LogP) is 0.865. The van der Waals surface area contributed by atoms with Crippen LogP contribution in [0.2, 0.25) is 0 Å². The number of amides is 1. The van der Waals surface area contributed by atoms with Crippen LogP contribution in [0.1, 0.15) is 10.4 Å². The molecule has 1 aliphatic rings. The molecule has 0 unspecified atom stereocenters. The molecule has 1 aromatic heterocycles. The van der Waals surface area contributed by atoms with Gasteiger partial charge >= 0.3 is 0 Å². The minimum absolute atomic E-state index is 0.0969. The Labute approximate surface area is 103 Å². The second-order valence-electron chi connectivity index (χ2n) is 4.03. The molecule has 0 radical (unpaired) electrons. The van der Waals surface area contributed by atoms with Crippen molar-refractivity contribution in [1.82, 2.24) is 15.5 Å². The van der Waals surface area contributed by atoms with Gasteiger partial charge in [-0.1, -0.05) is 0 Å². The first-order chi connectivity index (χ1) is 8.83. The van der Waals surface area contributed by atoms with Crippen molar-refractivity contribution in [3.63, 3.8) is 0 Å². The molecule has 2 aromatic rings. The summed E-state index contributed by atoms with van der Waals surface area (Å²) in [5, 5.41) is 10.3. The lowest BCUT2D eigenvalue weighted by atomic mass is 10.1. The monoisotopic (exact) mass is 245 g/mol. The number of benzene rings is 1. The first-order valence-corrected chi connectivity index (χ1v) is 5.58. The van der Waals surface area contributed by atoms with Gasteiger partial charge in [-0.2, -0.15) is 0 Å². The number of aromatic nitrogens is 2. The summed E-state index contributed by atoms with van der Waals surface area (Å²) in [5.41, 5.74) is 1.39. The third-order valence-corrected chi connectivity index (χ3v) is 2.73. The Balaban J connectivity index is 1.72. The van der Waals surface area contributed by atoms with Gasteiger partial charge in [-0.05, 0) is 24.3 Å². The molecule has 1 saturated heterocycles. The number of carbonyl (C=O) groups excluding carboxylic acids is 1. The minimum atomic E-state index is -0.0969. The van der Waals surface area contributed by atoms with Gasteiger partial charge in [-0.25, -0.2) is 0 Å². The summed E-state index contributed by atoms with van der Waals surface area (Å²) in [6, 6.07) is 7.15. The molecule has 0 saturated carbocycles. The number of hydrogen-bond donors (Lipinski definition) is 1. The molecule has 0 aliphatic carbocycles. The smallest absolute Gasteiger partial charge is 0.251 e. The van der Waals surface area contributed by atoms with Crippen molar-refractivity contribution in [2.75, 3.05) is 13.2 Å². The third kappa shape index (κ3) is 2.10. The van der Waals surface area contributed by atoms with E-state index in [1.807, 2.05) is 0 Å². The molecule has 0 atom stereocenters. The van der Waals surface area contributed by atoms with Crippen molar-refractivity contribution >= 4 is 5.91 Å². The average molecular weight is 245 g/mol. The van der Waals surface area contributed by atoms with E-state index >= 15 is 0 Å². The molecule has 92 valence electrons. The Bertz CT molecular complexity index is 532. The van der Waals surface area contributed by atoms with Gasteiger partial charge < -0.3 is 14.5 Å². The van der Waals surface area contributed by atoms with Crippen molar-refractivity contribution in [3.05, 3.63) is 36.2 Å². The quantitative estimate of drug-likeness (QED) is 0.868. The topological polar surface area (TPSA) is 77.2 Å². The first kappa shape index (κ1) is 10.9. The van der Waals surface area contributed by atoms with Crippen molar-refractivity contribution in [2.24, 2.45) is 0 Å². The van der Waals surface area contributed by atoms with Crippen LogP contribution in [0.5, 0.6) is 0 Å². The number of carbonyl (C=O) groups is 1. The van der Waals surface area contributed by atoms with E-state index in [0.717, 1.165) is 5.56 Å². The lowest BCUT2D eigenvalue weighted by molar-refractivity contribution is -0.00346. The van der Waals surface area contributed by atoms with Crippen LogP contribution in [-0.2, 0) is 4.74 Å². The molecule has 2 heterocycles. The molecule has 6 nitrogen and oxygen atoms in total. The van der Waals surface area contributed by atoms with Gasteiger partial charge in [-0.3, -0.25) is 4.79 Å². The van der Waals surface area contributed by atoms with Crippen molar-refractivity contribution < 1.29 is 13.9 Å². The molecule has 0 bridgehead atoms. The highest BCUT2D eigenvalue weighted by atomic mass is 16.5. The molecule has 0 spiro atoms. The normalized spacial score (nSPS) is 15.1. The lowest BCUT2D eigenvalue weighted by Gasteiger charge is -2.26. The Morgan fingerprint density at radius 3 is 2.61 bits per heavy atom. The summed E-state index contributed by atoms with van der Waals surface area (Å²) in [4.78, 5) is 11.8. The number of ether oxygens (including phenoxy) is 1. The van der Waals surface area contributed by atoms with Crippen LogP contribution in [-0.4, -0.2) is 35.4 Å². The summed E-state index contributed by atoms with van der Waals surface area (Å²) in [5.74, 6) is 0.342. The molecule has 1 amide bonds. The van der Waals surface area contributed by atoms with Crippen molar-refractivity contribution in [2.45, 2.75) is 6.04 Å². The van der Waals surface area contributed by atoms with Crippen LogP contribution in [0.25, 0.3) is 11.5 Å². The van der Waals surface area contributed by atoms with E-state index in [1.165, 1.54) is 6.39 Å². The highest BCUT2D eigenvalue weighted by Crippen LogP contribution is 2.16. The van der Waals surface area contributed by atoms with E-state index in [2.05, 4.69) is 15.5 Å². The van der Waals surface area contributed by atoms with Gasteiger partial charge in [0.15, 0.2) is 0 Å². The van der Waals surface area contributed by atoms with Crippen LogP contribution in [0, 0.1) is 0 Å². The van der Waals surface area contributed by atoms with Crippen molar-refractivity contribution in [3.8, 4) is 11.5 Å². The molecule has 1 aromatic carbocycles. The SMILES string of the molecule is O=C(NC1COC1)c1ccc(-c2nnco2)cc1. The molecular weight excluding hydrogens is 234 g/mol. The second kappa shape index (κ2) is 4.58. The molecule has 1 fully saturated rings. The highest BCUT2D eigenvalue weighted by molar-refractivity contribution is 5.94. The Morgan fingerprint density at radius 2 is 2.06 bits per heavy atom. The molecular formula is C12H11N3O3. The van der Waals surface area contributed by atoms with Gasteiger partial charge in [0.2, 0.25) is 12.3 Å². The van der Waals surface area contributed by atoms with E-state index in [4.69, 9.17) is 9.15 Å². The summed E-state index contributed by atoms with van der Waals surface area (Å²) in [6.45, 7) is 1.18. The fraction of sp³-hybridized carbons (Fsp3) is 0.250. The summed E-state index contributed by atoms with van der Waals surface area (Å²) < 4.78 is 10.1. The van der Waals surface area contributed by atoms with Crippen LogP contribution < -0.4 is 5.32 Å². The standard InChI is InChI=1S/C12H11N3O3/c16-11(14-10-5-17-6-10)8-1-3-9(4-2-8)12-15-13-7-18-12/h1-4,7,10H,5-6H2,(H,14,16). The van der Waals surface area contributed by atoms with Gasteiger partial charge in [0.25, 0.3) is 5.91 Å². The van der Waals surface area contributed by atoms with Crippen LogP contribution in [0.15, 0.2) is 35.1 Å². The highest BCUT2D eigenvalue weighted by Gasteiger charge is 2.20. The zero-order chi connectivity index (χ0) is 12.4. The predicted molar refractivity (Wildman–Crippen MR) is 61.8 cm³/mol. The maximum absolute atomic E-state index is 11.8.